The van der Waals surface area contributed by atoms with E-state index in [0.717, 1.165) is 33.7 Å². The van der Waals surface area contributed by atoms with Crippen molar-refractivity contribution in [2.75, 3.05) is 7.11 Å². The van der Waals surface area contributed by atoms with Gasteiger partial charge in [-0.1, -0.05) is 0 Å². The molecule has 1 aromatic heterocycles. The van der Waals surface area contributed by atoms with Gasteiger partial charge in [-0.15, -0.1) is 0 Å². The molecule has 0 spiro atoms. The molecule has 1 heterocycles. The fourth-order valence-electron chi connectivity index (χ4n) is 2.34. The Labute approximate surface area is 119 Å². The fraction of sp³-hybridized carbons (Fsp3) is 0.312. The topological polar surface area (TPSA) is 58.8 Å². The maximum Gasteiger partial charge on any atom is 0.142 e. The van der Waals surface area contributed by atoms with Gasteiger partial charge in [-0.25, -0.2) is 9.97 Å². The van der Waals surface area contributed by atoms with E-state index in [1.165, 1.54) is 0 Å². The highest BCUT2D eigenvalue weighted by Gasteiger charge is 2.13. The zero-order valence-corrected chi connectivity index (χ0v) is 12.2. The number of aromatic nitrogens is 2. The Morgan fingerprint density at radius 2 is 2.00 bits per heavy atom. The number of ether oxygens (including phenoxy) is 1. The van der Waals surface area contributed by atoms with Crippen molar-refractivity contribution >= 4 is 0 Å². The summed E-state index contributed by atoms with van der Waals surface area (Å²) in [5, 5.41) is 8.75. The first-order valence-electron chi connectivity index (χ1n) is 6.42. The van der Waals surface area contributed by atoms with Crippen LogP contribution < -0.4 is 4.74 Å². The van der Waals surface area contributed by atoms with Crippen molar-refractivity contribution in [2.24, 2.45) is 0 Å². The Hall–Kier alpha value is -2.41. The molecule has 0 aliphatic rings. The van der Waals surface area contributed by atoms with Crippen LogP contribution in [0.1, 0.15) is 22.5 Å². The predicted molar refractivity (Wildman–Crippen MR) is 77.5 cm³/mol. The van der Waals surface area contributed by atoms with Gasteiger partial charge in [0, 0.05) is 11.8 Å². The number of hydrogen-bond donors (Lipinski definition) is 0. The second-order valence-corrected chi connectivity index (χ2v) is 4.72. The van der Waals surface area contributed by atoms with E-state index in [1.807, 2.05) is 19.9 Å². The van der Waals surface area contributed by atoms with E-state index >= 15 is 0 Å². The molecule has 2 aromatic rings. The number of benzene rings is 1. The molecule has 0 N–H and O–H groups in total. The third-order valence-electron chi connectivity index (χ3n) is 3.45. The van der Waals surface area contributed by atoms with E-state index in [2.05, 4.69) is 29.0 Å². The van der Waals surface area contributed by atoms with Crippen LogP contribution in [0.5, 0.6) is 5.75 Å². The van der Waals surface area contributed by atoms with Gasteiger partial charge in [0.2, 0.25) is 0 Å². The normalized spacial score (nSPS) is 10.2. The number of nitriles is 1. The van der Waals surface area contributed by atoms with Crippen LogP contribution in [0.4, 0.5) is 0 Å². The molecule has 0 saturated heterocycles. The number of aryl methyl sites for hydroxylation is 1. The van der Waals surface area contributed by atoms with E-state index in [9.17, 15) is 0 Å². The number of hydrogen-bond acceptors (Lipinski definition) is 4. The van der Waals surface area contributed by atoms with Crippen molar-refractivity contribution in [2.45, 2.75) is 27.2 Å². The van der Waals surface area contributed by atoms with Gasteiger partial charge < -0.3 is 4.74 Å². The van der Waals surface area contributed by atoms with E-state index in [4.69, 9.17) is 10.00 Å². The van der Waals surface area contributed by atoms with Gasteiger partial charge in [0.1, 0.15) is 11.6 Å². The molecule has 4 nitrogen and oxygen atoms in total. The van der Waals surface area contributed by atoms with Crippen molar-refractivity contribution in [1.82, 2.24) is 9.97 Å². The van der Waals surface area contributed by atoms with Crippen molar-refractivity contribution in [3.63, 3.8) is 0 Å². The largest absolute Gasteiger partial charge is 0.496 e. The highest BCUT2D eigenvalue weighted by Crippen LogP contribution is 2.33. The molecule has 102 valence electrons. The first-order chi connectivity index (χ1) is 9.58. The van der Waals surface area contributed by atoms with Crippen molar-refractivity contribution in [1.29, 1.82) is 5.26 Å². The Balaban J connectivity index is 2.59. The summed E-state index contributed by atoms with van der Waals surface area (Å²) in [6, 6.07) is 6.01. The smallest absolute Gasteiger partial charge is 0.142 e. The van der Waals surface area contributed by atoms with Crippen LogP contribution in [0, 0.1) is 32.1 Å². The minimum Gasteiger partial charge on any atom is -0.496 e. The summed E-state index contributed by atoms with van der Waals surface area (Å²) in [4.78, 5) is 8.56. The van der Waals surface area contributed by atoms with Gasteiger partial charge >= 0.3 is 0 Å². The molecule has 0 atom stereocenters. The lowest BCUT2D eigenvalue weighted by molar-refractivity contribution is 0.408. The van der Waals surface area contributed by atoms with E-state index in [0.29, 0.717) is 5.82 Å². The minimum atomic E-state index is 0.223. The first-order valence-corrected chi connectivity index (χ1v) is 6.42. The van der Waals surface area contributed by atoms with Crippen LogP contribution in [0.25, 0.3) is 11.3 Å². The summed E-state index contributed by atoms with van der Waals surface area (Å²) in [6.07, 6.45) is 1.92. The third kappa shape index (κ3) is 2.48. The lowest BCUT2D eigenvalue weighted by Gasteiger charge is -2.15. The summed E-state index contributed by atoms with van der Waals surface area (Å²) >= 11 is 0. The molecule has 0 radical (unpaired) electrons. The van der Waals surface area contributed by atoms with Crippen LogP contribution in [-0.2, 0) is 6.42 Å². The second kappa shape index (κ2) is 5.70. The Morgan fingerprint density at radius 1 is 1.25 bits per heavy atom. The molecular weight excluding hydrogens is 250 g/mol. The van der Waals surface area contributed by atoms with Crippen molar-refractivity contribution < 1.29 is 4.74 Å². The average molecular weight is 267 g/mol. The van der Waals surface area contributed by atoms with Gasteiger partial charge in [-0.2, -0.15) is 5.26 Å². The number of rotatable bonds is 3. The Bertz CT molecular complexity index is 687. The number of nitrogens with zero attached hydrogens (tertiary/aromatic N) is 3. The fourth-order valence-corrected chi connectivity index (χ4v) is 2.34. The second-order valence-electron chi connectivity index (χ2n) is 4.72. The van der Waals surface area contributed by atoms with E-state index < -0.39 is 0 Å². The summed E-state index contributed by atoms with van der Waals surface area (Å²) in [6.45, 7) is 6.12. The molecule has 2 rings (SSSR count). The molecule has 0 aliphatic carbocycles. The van der Waals surface area contributed by atoms with Crippen LogP contribution in [0.2, 0.25) is 0 Å². The predicted octanol–water partition coefficient (Wildman–Crippen LogP) is 3.14. The van der Waals surface area contributed by atoms with Gasteiger partial charge in [0.05, 0.1) is 25.3 Å². The van der Waals surface area contributed by atoms with Gasteiger partial charge in [0.25, 0.3) is 0 Å². The maximum atomic E-state index is 8.75. The monoisotopic (exact) mass is 267 g/mol. The highest BCUT2D eigenvalue weighted by molar-refractivity contribution is 5.68. The van der Waals surface area contributed by atoms with E-state index in [1.54, 1.807) is 13.3 Å². The molecule has 0 unspecified atom stereocenters. The molecule has 0 bridgehead atoms. The summed E-state index contributed by atoms with van der Waals surface area (Å²) in [7, 11) is 1.68. The molecule has 20 heavy (non-hydrogen) atoms. The quantitative estimate of drug-likeness (QED) is 0.857. The molecular formula is C16H17N3O. The summed E-state index contributed by atoms with van der Waals surface area (Å²) in [5.74, 6) is 1.47. The Morgan fingerprint density at radius 3 is 2.65 bits per heavy atom. The first kappa shape index (κ1) is 14.0. The third-order valence-corrected chi connectivity index (χ3v) is 3.45. The molecule has 0 aliphatic heterocycles. The zero-order valence-electron chi connectivity index (χ0n) is 12.2. The van der Waals surface area contributed by atoms with Crippen LogP contribution in [-0.4, -0.2) is 17.1 Å². The molecule has 0 saturated carbocycles. The highest BCUT2D eigenvalue weighted by atomic mass is 16.5. The van der Waals surface area contributed by atoms with Crippen LogP contribution >= 0.6 is 0 Å². The van der Waals surface area contributed by atoms with Crippen LogP contribution in [0.3, 0.4) is 0 Å². The lowest BCUT2D eigenvalue weighted by atomic mass is 9.96. The van der Waals surface area contributed by atoms with Gasteiger partial charge in [0.15, 0.2) is 0 Å². The molecule has 4 heteroatoms. The zero-order chi connectivity index (χ0) is 14.7. The average Bonchev–Trinajstić information content (AvgIpc) is 2.44. The molecule has 0 fully saturated rings. The SMILES string of the molecule is COc1c(C)cc(-c2ccnc(CC#N)n2)c(C)c1C. The van der Waals surface area contributed by atoms with Crippen molar-refractivity contribution in [3.05, 3.63) is 40.8 Å². The summed E-state index contributed by atoms with van der Waals surface area (Å²) < 4.78 is 5.43. The Kier molecular flexibility index (Phi) is 3.99. The lowest BCUT2D eigenvalue weighted by Crippen LogP contribution is -2.00. The molecule has 1 aromatic carbocycles. The standard InChI is InChI=1S/C16H17N3O/c1-10-9-13(11(2)12(3)16(10)20-4)14-6-8-18-15(19-14)5-7-17/h6,8-9H,5H2,1-4H3. The van der Waals surface area contributed by atoms with E-state index in [-0.39, 0.29) is 6.42 Å². The van der Waals surface area contributed by atoms with Crippen LogP contribution in [0.15, 0.2) is 18.3 Å². The summed E-state index contributed by atoms with van der Waals surface area (Å²) in [5.41, 5.74) is 5.22. The van der Waals surface area contributed by atoms with Crippen molar-refractivity contribution in [3.8, 4) is 23.1 Å². The van der Waals surface area contributed by atoms with Gasteiger partial charge in [-0.3, -0.25) is 0 Å². The minimum absolute atomic E-state index is 0.223. The van der Waals surface area contributed by atoms with Gasteiger partial charge in [-0.05, 0) is 49.6 Å². The maximum absolute atomic E-state index is 8.75. The number of methoxy groups -OCH3 is 1. The molecule has 0 amide bonds.